The van der Waals surface area contributed by atoms with Crippen molar-refractivity contribution >= 4 is 11.7 Å². The first-order valence-corrected chi connectivity index (χ1v) is 10.9. The summed E-state index contributed by atoms with van der Waals surface area (Å²) in [6.45, 7) is 7.12. The number of ketones is 1. The van der Waals surface area contributed by atoms with Gasteiger partial charge in [0.05, 0.1) is 12.6 Å². The van der Waals surface area contributed by atoms with E-state index in [4.69, 9.17) is 0 Å². The lowest BCUT2D eigenvalue weighted by atomic mass is 9.89. The van der Waals surface area contributed by atoms with Gasteiger partial charge in [-0.3, -0.25) is 14.5 Å². The van der Waals surface area contributed by atoms with Crippen LogP contribution >= 0.6 is 0 Å². The Morgan fingerprint density at radius 2 is 1.64 bits per heavy atom. The van der Waals surface area contributed by atoms with Gasteiger partial charge >= 0.3 is 0 Å². The molecule has 1 amide bonds. The summed E-state index contributed by atoms with van der Waals surface area (Å²) in [6.07, 6.45) is 7.52. The zero-order chi connectivity index (χ0) is 19.8. The molecule has 1 aliphatic carbocycles. The Labute approximate surface area is 169 Å². The van der Waals surface area contributed by atoms with Crippen LogP contribution in [0.25, 0.3) is 0 Å². The van der Waals surface area contributed by atoms with Crippen LogP contribution in [-0.2, 0) is 16.0 Å². The Bertz CT molecular complexity index is 620. The van der Waals surface area contributed by atoms with E-state index >= 15 is 0 Å². The number of amides is 1. The smallest absolute Gasteiger partial charge is 0.234 e. The van der Waals surface area contributed by atoms with Crippen molar-refractivity contribution in [3.8, 4) is 0 Å². The Balaban J connectivity index is 1.40. The maximum absolute atomic E-state index is 12.5. The zero-order valence-corrected chi connectivity index (χ0v) is 17.2. The average molecular weight is 386 g/mol. The first kappa shape index (κ1) is 21.0. The van der Waals surface area contributed by atoms with Gasteiger partial charge in [-0.25, -0.2) is 0 Å². The highest BCUT2D eigenvalue weighted by molar-refractivity contribution is 5.88. The average Bonchev–Trinajstić information content (AvgIpc) is 2.70. The van der Waals surface area contributed by atoms with Gasteiger partial charge in [-0.2, -0.15) is 0 Å². The molecule has 0 bridgehead atoms. The Morgan fingerprint density at radius 3 is 2.29 bits per heavy atom. The van der Waals surface area contributed by atoms with E-state index in [1.54, 1.807) is 6.92 Å². The molecule has 154 valence electrons. The van der Waals surface area contributed by atoms with Gasteiger partial charge in [-0.05, 0) is 37.7 Å². The quantitative estimate of drug-likeness (QED) is 0.747. The topological polar surface area (TPSA) is 52.7 Å². The third-order valence-electron chi connectivity index (χ3n) is 6.18. The summed E-state index contributed by atoms with van der Waals surface area (Å²) in [5.41, 5.74) is 1.07. The van der Waals surface area contributed by atoms with Crippen LogP contribution in [0.5, 0.6) is 0 Å². The highest BCUT2D eigenvalue weighted by atomic mass is 16.2. The summed E-state index contributed by atoms with van der Waals surface area (Å²) in [5.74, 6) is 0.837. The van der Waals surface area contributed by atoms with E-state index in [1.807, 2.05) is 30.3 Å². The summed E-state index contributed by atoms with van der Waals surface area (Å²) in [6, 6.07) is 9.42. The lowest BCUT2D eigenvalue weighted by Crippen LogP contribution is -2.52. The van der Waals surface area contributed by atoms with Crippen LogP contribution in [0.1, 0.15) is 44.6 Å². The van der Waals surface area contributed by atoms with Crippen molar-refractivity contribution in [2.75, 3.05) is 39.3 Å². The second-order valence-electron chi connectivity index (χ2n) is 8.50. The fourth-order valence-electron chi connectivity index (χ4n) is 4.45. The SMILES string of the molecule is CC(=O)[C@H](Cc1ccccc1)NC(=O)CN1CCN(CC2CCCCC2)CC1. The molecule has 5 heteroatoms. The van der Waals surface area contributed by atoms with Crippen LogP contribution in [-0.4, -0.2) is 66.8 Å². The Morgan fingerprint density at radius 1 is 1.00 bits per heavy atom. The van der Waals surface area contributed by atoms with Crippen molar-refractivity contribution in [1.82, 2.24) is 15.1 Å². The number of benzene rings is 1. The number of piperazine rings is 1. The number of carbonyl (C=O) groups is 2. The first-order valence-electron chi connectivity index (χ1n) is 10.9. The fourth-order valence-corrected chi connectivity index (χ4v) is 4.45. The molecule has 5 nitrogen and oxygen atoms in total. The predicted octanol–water partition coefficient (Wildman–Crippen LogP) is 2.50. The highest BCUT2D eigenvalue weighted by Crippen LogP contribution is 2.24. The molecule has 0 radical (unpaired) electrons. The lowest BCUT2D eigenvalue weighted by Gasteiger charge is -2.37. The van der Waals surface area contributed by atoms with E-state index in [0.29, 0.717) is 13.0 Å². The van der Waals surface area contributed by atoms with Gasteiger partial charge < -0.3 is 10.2 Å². The number of nitrogens with zero attached hydrogens (tertiary/aromatic N) is 2. The van der Waals surface area contributed by atoms with Crippen molar-refractivity contribution in [3.63, 3.8) is 0 Å². The minimum Gasteiger partial charge on any atom is -0.345 e. The van der Waals surface area contributed by atoms with Gasteiger partial charge in [-0.15, -0.1) is 0 Å². The maximum Gasteiger partial charge on any atom is 0.234 e. The minimum atomic E-state index is -0.442. The van der Waals surface area contributed by atoms with Crippen LogP contribution in [0.2, 0.25) is 0 Å². The maximum atomic E-state index is 12.5. The number of rotatable bonds is 8. The molecule has 28 heavy (non-hydrogen) atoms. The molecule has 0 aromatic heterocycles. The molecule has 1 aromatic carbocycles. The molecule has 1 saturated carbocycles. The summed E-state index contributed by atoms with van der Waals surface area (Å²) >= 11 is 0. The second kappa shape index (κ2) is 10.7. The summed E-state index contributed by atoms with van der Waals surface area (Å²) in [4.78, 5) is 29.3. The molecule has 1 heterocycles. The molecule has 1 atom stereocenters. The van der Waals surface area contributed by atoms with Crippen molar-refractivity contribution in [2.24, 2.45) is 5.92 Å². The van der Waals surface area contributed by atoms with Crippen LogP contribution in [0.3, 0.4) is 0 Å². The Kier molecular flexibility index (Phi) is 8.04. The molecule has 1 aliphatic heterocycles. The Hall–Kier alpha value is -1.72. The van der Waals surface area contributed by atoms with Gasteiger partial charge in [-0.1, -0.05) is 49.6 Å². The zero-order valence-electron chi connectivity index (χ0n) is 17.2. The van der Waals surface area contributed by atoms with E-state index in [2.05, 4.69) is 15.1 Å². The lowest BCUT2D eigenvalue weighted by molar-refractivity contribution is -0.127. The standard InChI is InChI=1S/C23H35N3O2/c1-19(27)22(16-20-8-4-2-5-9-20)24-23(28)18-26-14-12-25(13-15-26)17-21-10-6-3-7-11-21/h2,4-5,8-9,21-22H,3,6-7,10-18H2,1H3,(H,24,28)/t22-/m0/s1. The van der Waals surface area contributed by atoms with E-state index in [-0.39, 0.29) is 11.7 Å². The third-order valence-corrected chi connectivity index (χ3v) is 6.18. The number of hydrogen-bond acceptors (Lipinski definition) is 4. The highest BCUT2D eigenvalue weighted by Gasteiger charge is 2.24. The second-order valence-corrected chi connectivity index (χ2v) is 8.50. The van der Waals surface area contributed by atoms with Crippen molar-refractivity contribution in [2.45, 2.75) is 51.5 Å². The van der Waals surface area contributed by atoms with Gasteiger partial charge in [0.1, 0.15) is 0 Å². The molecular formula is C23H35N3O2. The monoisotopic (exact) mass is 385 g/mol. The number of carbonyl (C=O) groups excluding carboxylic acids is 2. The van der Waals surface area contributed by atoms with Crippen LogP contribution < -0.4 is 5.32 Å². The number of nitrogens with one attached hydrogen (secondary N) is 1. The van der Waals surface area contributed by atoms with Crippen LogP contribution in [0.15, 0.2) is 30.3 Å². The van der Waals surface area contributed by atoms with Gasteiger partial charge in [0.15, 0.2) is 5.78 Å². The van der Waals surface area contributed by atoms with Crippen molar-refractivity contribution < 1.29 is 9.59 Å². The third kappa shape index (κ3) is 6.71. The molecule has 2 aliphatic rings. The van der Waals surface area contributed by atoms with E-state index in [0.717, 1.165) is 37.7 Å². The normalized spacial score (nSPS) is 20.6. The molecule has 0 unspecified atom stereocenters. The van der Waals surface area contributed by atoms with Crippen LogP contribution in [0.4, 0.5) is 0 Å². The number of hydrogen-bond donors (Lipinski definition) is 1. The van der Waals surface area contributed by atoms with Crippen LogP contribution in [0, 0.1) is 5.92 Å². The molecule has 1 saturated heterocycles. The molecule has 2 fully saturated rings. The molecular weight excluding hydrogens is 350 g/mol. The molecule has 1 N–H and O–H groups in total. The van der Waals surface area contributed by atoms with Gasteiger partial charge in [0, 0.05) is 32.7 Å². The molecule has 3 rings (SSSR count). The summed E-state index contributed by atoms with van der Waals surface area (Å²) in [5, 5.41) is 2.95. The number of Topliss-reactive ketones (excluding diaryl/α,β-unsaturated/α-hetero) is 1. The first-order chi connectivity index (χ1) is 13.6. The van der Waals surface area contributed by atoms with Gasteiger partial charge in [0.2, 0.25) is 5.91 Å². The summed E-state index contributed by atoms with van der Waals surface area (Å²) < 4.78 is 0. The molecule has 0 spiro atoms. The van der Waals surface area contributed by atoms with E-state index in [1.165, 1.54) is 38.6 Å². The van der Waals surface area contributed by atoms with Crippen molar-refractivity contribution in [1.29, 1.82) is 0 Å². The summed E-state index contributed by atoms with van der Waals surface area (Å²) in [7, 11) is 0. The van der Waals surface area contributed by atoms with Crippen molar-refractivity contribution in [3.05, 3.63) is 35.9 Å². The fraction of sp³-hybridized carbons (Fsp3) is 0.652. The van der Waals surface area contributed by atoms with Gasteiger partial charge in [0.25, 0.3) is 0 Å². The van der Waals surface area contributed by atoms with E-state index in [9.17, 15) is 9.59 Å². The predicted molar refractivity (Wildman–Crippen MR) is 112 cm³/mol. The minimum absolute atomic E-state index is 0.00880. The van der Waals surface area contributed by atoms with E-state index < -0.39 is 6.04 Å². The largest absolute Gasteiger partial charge is 0.345 e. The molecule has 1 aromatic rings.